The van der Waals surface area contributed by atoms with Gasteiger partial charge < -0.3 is 0 Å². The molecule has 3 aliphatic rings. The number of hydrogen-bond acceptors (Lipinski definition) is 0. The molecule has 64 valence electrons. The molecule has 14 heavy (non-hydrogen) atoms. The Kier molecular flexibility index (Phi) is 2.59. The molecular weight excluding hydrogens is 163 g/mol. The van der Waals surface area contributed by atoms with Gasteiger partial charge in [0.15, 0.2) is 0 Å². The standard InChI is InChI=1S/C13H11.Li/c1-2-4-13-11-7-5-10(6-8-11)9-12(13)3-1;/h1-8,11H,9H2;/q-1;+1. The SMILES string of the molecule is C1=CC2C=C[C-]1Cc1ccccc12.[Li+]. The number of benzene rings is 1. The predicted octanol–water partition coefficient (Wildman–Crippen LogP) is 0.0308. The Morgan fingerprint density at radius 1 is 1.07 bits per heavy atom. The van der Waals surface area contributed by atoms with E-state index in [9.17, 15) is 0 Å². The molecule has 4 rings (SSSR count). The first kappa shape index (κ1) is 9.71. The molecule has 0 amide bonds. The van der Waals surface area contributed by atoms with E-state index in [2.05, 4.69) is 48.6 Å². The van der Waals surface area contributed by atoms with Gasteiger partial charge in [0.25, 0.3) is 0 Å². The Bertz CT molecular complexity index is 376. The maximum atomic E-state index is 2.29. The zero-order chi connectivity index (χ0) is 8.67. The predicted molar refractivity (Wildman–Crippen MR) is 54.4 cm³/mol. The third-order valence-corrected chi connectivity index (χ3v) is 2.84. The number of rotatable bonds is 0. The van der Waals surface area contributed by atoms with Crippen molar-refractivity contribution in [2.24, 2.45) is 0 Å². The first-order valence-corrected chi connectivity index (χ1v) is 4.73. The van der Waals surface area contributed by atoms with E-state index in [0.717, 1.165) is 6.42 Å². The summed E-state index contributed by atoms with van der Waals surface area (Å²) >= 11 is 0. The molecule has 0 nitrogen and oxygen atoms in total. The fraction of sp³-hybridized carbons (Fsp3) is 0.154. The monoisotopic (exact) mass is 174 g/mol. The number of hydrogen-bond donors (Lipinski definition) is 0. The first-order chi connectivity index (χ1) is 6.43. The maximum absolute atomic E-state index is 2.29. The van der Waals surface area contributed by atoms with Crippen molar-refractivity contribution in [3.05, 3.63) is 65.6 Å². The largest absolute Gasteiger partial charge is 1.00 e. The van der Waals surface area contributed by atoms with Crippen molar-refractivity contribution in [2.75, 3.05) is 0 Å². The van der Waals surface area contributed by atoms with Crippen molar-refractivity contribution in [3.8, 4) is 0 Å². The van der Waals surface area contributed by atoms with Crippen molar-refractivity contribution >= 4 is 0 Å². The van der Waals surface area contributed by atoms with Crippen LogP contribution in [0, 0.1) is 5.92 Å². The minimum absolute atomic E-state index is 0. The van der Waals surface area contributed by atoms with Crippen LogP contribution < -0.4 is 18.9 Å². The van der Waals surface area contributed by atoms with E-state index in [1.54, 1.807) is 0 Å². The van der Waals surface area contributed by atoms with Crippen molar-refractivity contribution in [2.45, 2.75) is 12.3 Å². The van der Waals surface area contributed by atoms with Gasteiger partial charge in [0.2, 0.25) is 0 Å². The first-order valence-electron chi connectivity index (χ1n) is 4.73. The molecule has 1 aromatic carbocycles. The average Bonchev–Trinajstić information content (AvgIpc) is 2.46. The minimum Gasteiger partial charge on any atom is -0.179 e. The Labute approximate surface area is 96.9 Å². The quantitative estimate of drug-likeness (QED) is 0.384. The zero-order valence-electron chi connectivity index (χ0n) is 8.40. The van der Waals surface area contributed by atoms with Gasteiger partial charge in [0, 0.05) is 0 Å². The average molecular weight is 174 g/mol. The third kappa shape index (κ3) is 1.46. The summed E-state index contributed by atoms with van der Waals surface area (Å²) in [5, 5.41) is 0. The molecule has 0 atom stereocenters. The molecule has 1 heteroatoms. The summed E-state index contributed by atoms with van der Waals surface area (Å²) in [7, 11) is 0. The summed E-state index contributed by atoms with van der Waals surface area (Å²) in [5.74, 6) is 1.95. The van der Waals surface area contributed by atoms with Gasteiger partial charge >= 0.3 is 18.9 Å². The summed E-state index contributed by atoms with van der Waals surface area (Å²) < 4.78 is 0. The summed E-state index contributed by atoms with van der Waals surface area (Å²) in [6, 6.07) is 8.74. The topological polar surface area (TPSA) is 0 Å². The summed E-state index contributed by atoms with van der Waals surface area (Å²) in [6.07, 6.45) is 10.2. The Morgan fingerprint density at radius 2 is 1.79 bits per heavy atom. The molecule has 3 aliphatic carbocycles. The molecule has 0 aliphatic heterocycles. The van der Waals surface area contributed by atoms with Gasteiger partial charge in [-0.15, -0.1) is 0 Å². The molecule has 0 unspecified atom stereocenters. The van der Waals surface area contributed by atoms with Crippen LogP contribution >= 0.6 is 0 Å². The fourth-order valence-corrected chi connectivity index (χ4v) is 2.14. The van der Waals surface area contributed by atoms with Crippen LogP contribution in [0.4, 0.5) is 0 Å². The minimum atomic E-state index is 0. The van der Waals surface area contributed by atoms with E-state index in [0.29, 0.717) is 5.92 Å². The van der Waals surface area contributed by atoms with E-state index in [4.69, 9.17) is 0 Å². The van der Waals surface area contributed by atoms with Crippen LogP contribution in [0.3, 0.4) is 0 Å². The second-order valence-electron chi connectivity index (χ2n) is 3.69. The van der Waals surface area contributed by atoms with Gasteiger partial charge in [0.05, 0.1) is 0 Å². The van der Waals surface area contributed by atoms with Crippen LogP contribution in [0.25, 0.3) is 0 Å². The summed E-state index contributed by atoms with van der Waals surface area (Å²) in [5.41, 5.74) is 2.96. The molecule has 1 aromatic rings. The van der Waals surface area contributed by atoms with Gasteiger partial charge in [0.1, 0.15) is 0 Å². The molecule has 0 N–H and O–H groups in total. The van der Waals surface area contributed by atoms with Gasteiger partial charge in [-0.1, -0.05) is 41.3 Å². The normalized spacial score (nSPS) is 17.6. The molecule has 0 fully saturated rings. The Hall–Kier alpha value is -0.833. The second kappa shape index (κ2) is 3.73. The van der Waals surface area contributed by atoms with Gasteiger partial charge in [-0.2, -0.15) is 30.2 Å². The van der Waals surface area contributed by atoms with Crippen molar-refractivity contribution in [1.82, 2.24) is 0 Å². The maximum Gasteiger partial charge on any atom is 1.00 e. The zero-order valence-corrected chi connectivity index (χ0v) is 8.40. The van der Waals surface area contributed by atoms with Gasteiger partial charge in [-0.05, 0) is 6.42 Å². The second-order valence-corrected chi connectivity index (χ2v) is 3.69. The molecule has 0 aromatic heterocycles. The van der Waals surface area contributed by atoms with Crippen molar-refractivity contribution < 1.29 is 18.9 Å². The molecule has 0 saturated heterocycles. The van der Waals surface area contributed by atoms with Crippen LogP contribution in [-0.2, 0) is 6.42 Å². The molecule has 0 radical (unpaired) electrons. The van der Waals surface area contributed by atoms with E-state index in [1.165, 1.54) is 17.0 Å². The van der Waals surface area contributed by atoms with Crippen molar-refractivity contribution in [3.63, 3.8) is 0 Å². The summed E-state index contributed by atoms with van der Waals surface area (Å²) in [6.45, 7) is 0. The van der Waals surface area contributed by atoms with Crippen molar-refractivity contribution in [1.29, 1.82) is 0 Å². The summed E-state index contributed by atoms with van der Waals surface area (Å²) in [4.78, 5) is 0. The van der Waals surface area contributed by atoms with E-state index >= 15 is 0 Å². The van der Waals surface area contributed by atoms with E-state index in [1.807, 2.05) is 0 Å². The molecule has 0 saturated carbocycles. The molecule has 0 heterocycles. The van der Waals surface area contributed by atoms with Crippen LogP contribution in [0.1, 0.15) is 17.0 Å². The van der Waals surface area contributed by atoms with Gasteiger partial charge in [-0.25, -0.2) is 0 Å². The molecule has 2 bridgehead atoms. The molecular formula is C13H11Li. The van der Waals surface area contributed by atoms with Gasteiger partial charge in [-0.3, -0.25) is 0 Å². The van der Waals surface area contributed by atoms with Crippen LogP contribution in [0.2, 0.25) is 0 Å². The molecule has 0 spiro atoms. The van der Waals surface area contributed by atoms with Crippen LogP contribution in [0.5, 0.6) is 0 Å². The third-order valence-electron chi connectivity index (χ3n) is 2.84. The smallest absolute Gasteiger partial charge is 0.179 e. The number of allylic oxidation sites excluding steroid dienone is 4. The van der Waals surface area contributed by atoms with Crippen LogP contribution in [0.15, 0.2) is 48.6 Å². The van der Waals surface area contributed by atoms with E-state index in [-0.39, 0.29) is 18.9 Å². The fourth-order valence-electron chi connectivity index (χ4n) is 2.14. The van der Waals surface area contributed by atoms with Crippen LogP contribution in [-0.4, -0.2) is 0 Å². The Balaban J connectivity index is 0.000000750. The van der Waals surface area contributed by atoms with E-state index < -0.39 is 0 Å². The Morgan fingerprint density at radius 3 is 2.57 bits per heavy atom.